The van der Waals surface area contributed by atoms with Gasteiger partial charge in [-0.3, -0.25) is 9.69 Å². The van der Waals surface area contributed by atoms with Crippen molar-refractivity contribution < 1.29 is 9.21 Å². The Morgan fingerprint density at radius 3 is 2.72 bits per heavy atom. The summed E-state index contributed by atoms with van der Waals surface area (Å²) in [5.74, 6) is 1.26. The Morgan fingerprint density at radius 2 is 2.00 bits per heavy atom. The Labute approximate surface area is 183 Å². The number of halogens is 2. The van der Waals surface area contributed by atoms with E-state index in [9.17, 15) is 4.79 Å². The van der Waals surface area contributed by atoms with Gasteiger partial charge in [0.1, 0.15) is 0 Å². The number of hydrogen-bond donors (Lipinski definition) is 0. The number of amides is 1. The van der Waals surface area contributed by atoms with Crippen molar-refractivity contribution in [2.45, 2.75) is 19.4 Å². The van der Waals surface area contributed by atoms with Crippen LogP contribution in [0.4, 0.5) is 0 Å². The maximum atomic E-state index is 12.6. The molecule has 1 amide bonds. The first-order chi connectivity index (χ1) is 14.1. The van der Waals surface area contributed by atoms with Crippen LogP contribution in [-0.4, -0.2) is 46.9 Å². The Hall–Kier alpha value is -1.86. The topological polar surface area (TPSA) is 49.6 Å². The van der Waals surface area contributed by atoms with Crippen LogP contribution in [0.25, 0.3) is 11.3 Å². The summed E-state index contributed by atoms with van der Waals surface area (Å²) in [4.78, 5) is 22.6. The highest BCUT2D eigenvalue weighted by molar-refractivity contribution is 7.09. The van der Waals surface area contributed by atoms with E-state index in [0.29, 0.717) is 34.5 Å². The van der Waals surface area contributed by atoms with E-state index in [0.717, 1.165) is 38.3 Å². The number of benzene rings is 1. The molecule has 2 aromatic heterocycles. The highest BCUT2D eigenvalue weighted by Crippen LogP contribution is 2.30. The SMILES string of the molecule is O=C(CCc1ncc(-c2ccc(Cl)cc2Cl)o1)N1CCN(Cc2cccs2)CC1. The molecule has 0 N–H and O–H groups in total. The monoisotopic (exact) mass is 449 g/mol. The van der Waals surface area contributed by atoms with Crippen molar-refractivity contribution in [1.29, 1.82) is 0 Å². The van der Waals surface area contributed by atoms with E-state index < -0.39 is 0 Å². The van der Waals surface area contributed by atoms with Gasteiger partial charge in [0.05, 0.1) is 11.2 Å². The van der Waals surface area contributed by atoms with Crippen molar-refractivity contribution in [3.05, 3.63) is 62.7 Å². The van der Waals surface area contributed by atoms with Crippen LogP contribution in [0.3, 0.4) is 0 Å². The molecule has 1 aromatic carbocycles. The molecule has 1 saturated heterocycles. The Bertz CT molecular complexity index is 966. The molecule has 0 radical (unpaired) electrons. The van der Waals surface area contributed by atoms with Crippen LogP contribution < -0.4 is 0 Å². The minimum absolute atomic E-state index is 0.144. The molecule has 0 spiro atoms. The van der Waals surface area contributed by atoms with Crippen LogP contribution in [0.1, 0.15) is 17.2 Å². The lowest BCUT2D eigenvalue weighted by Crippen LogP contribution is -2.48. The molecule has 8 heteroatoms. The molecule has 1 aliphatic heterocycles. The second-order valence-corrected chi connectivity index (χ2v) is 8.85. The summed E-state index contributed by atoms with van der Waals surface area (Å²) >= 11 is 13.9. The molecular weight excluding hydrogens is 429 g/mol. The van der Waals surface area contributed by atoms with Gasteiger partial charge in [0, 0.05) is 61.0 Å². The summed E-state index contributed by atoms with van der Waals surface area (Å²) < 4.78 is 5.79. The fourth-order valence-electron chi connectivity index (χ4n) is 3.39. The minimum Gasteiger partial charge on any atom is -0.441 e. The first kappa shape index (κ1) is 20.4. The summed E-state index contributed by atoms with van der Waals surface area (Å²) in [6.07, 6.45) is 2.50. The van der Waals surface area contributed by atoms with E-state index in [1.807, 2.05) is 4.90 Å². The standard InChI is InChI=1S/C21H21Cl2N3O2S/c22-15-3-4-17(18(23)12-15)19-13-24-20(28-19)5-6-21(27)26-9-7-25(8-10-26)14-16-2-1-11-29-16/h1-4,11-13H,5-10,14H2. The van der Waals surface area contributed by atoms with E-state index in [2.05, 4.69) is 27.4 Å². The maximum Gasteiger partial charge on any atom is 0.223 e. The molecule has 3 heterocycles. The van der Waals surface area contributed by atoms with Gasteiger partial charge < -0.3 is 9.32 Å². The minimum atomic E-state index is 0.144. The van der Waals surface area contributed by atoms with E-state index in [-0.39, 0.29) is 5.91 Å². The number of aryl methyl sites for hydroxylation is 1. The van der Waals surface area contributed by atoms with Crippen molar-refractivity contribution in [3.63, 3.8) is 0 Å². The van der Waals surface area contributed by atoms with Crippen LogP contribution in [-0.2, 0) is 17.8 Å². The molecule has 0 atom stereocenters. The number of rotatable bonds is 6. The van der Waals surface area contributed by atoms with Crippen molar-refractivity contribution in [2.75, 3.05) is 26.2 Å². The second-order valence-electron chi connectivity index (χ2n) is 6.98. The van der Waals surface area contributed by atoms with Gasteiger partial charge in [-0.2, -0.15) is 0 Å². The molecule has 0 saturated carbocycles. The summed E-state index contributed by atoms with van der Waals surface area (Å²) in [5, 5.41) is 3.18. The van der Waals surface area contributed by atoms with E-state index in [1.54, 1.807) is 35.7 Å². The van der Waals surface area contributed by atoms with Crippen molar-refractivity contribution in [2.24, 2.45) is 0 Å². The molecule has 3 aromatic rings. The first-order valence-electron chi connectivity index (χ1n) is 9.51. The molecule has 5 nitrogen and oxygen atoms in total. The van der Waals surface area contributed by atoms with E-state index >= 15 is 0 Å². The summed E-state index contributed by atoms with van der Waals surface area (Å²) in [6.45, 7) is 4.30. The molecule has 4 rings (SSSR count). The molecular formula is C21H21Cl2N3O2S. The van der Waals surface area contributed by atoms with Crippen LogP contribution in [0.15, 0.2) is 46.3 Å². The van der Waals surface area contributed by atoms with Gasteiger partial charge in [-0.25, -0.2) is 4.98 Å². The fourth-order valence-corrected chi connectivity index (χ4v) is 4.64. The van der Waals surface area contributed by atoms with E-state index in [4.69, 9.17) is 27.6 Å². The number of piperazine rings is 1. The highest BCUT2D eigenvalue weighted by Gasteiger charge is 2.21. The molecule has 29 heavy (non-hydrogen) atoms. The smallest absolute Gasteiger partial charge is 0.223 e. The lowest BCUT2D eigenvalue weighted by atomic mass is 10.2. The first-order valence-corrected chi connectivity index (χ1v) is 11.1. The van der Waals surface area contributed by atoms with E-state index in [1.165, 1.54) is 4.88 Å². The zero-order valence-corrected chi connectivity index (χ0v) is 18.1. The Balaban J connectivity index is 1.26. The molecule has 0 bridgehead atoms. The average molecular weight is 450 g/mol. The lowest BCUT2D eigenvalue weighted by Gasteiger charge is -2.34. The predicted molar refractivity (Wildman–Crippen MR) is 116 cm³/mol. The Morgan fingerprint density at radius 1 is 1.17 bits per heavy atom. The van der Waals surface area contributed by atoms with Gasteiger partial charge >= 0.3 is 0 Å². The molecule has 1 aliphatic rings. The lowest BCUT2D eigenvalue weighted by molar-refractivity contribution is -0.133. The van der Waals surface area contributed by atoms with Crippen LogP contribution in [0.2, 0.25) is 10.0 Å². The summed E-state index contributed by atoms with van der Waals surface area (Å²) in [5.41, 5.74) is 0.739. The van der Waals surface area contributed by atoms with Crippen LogP contribution in [0, 0.1) is 0 Å². The zero-order chi connectivity index (χ0) is 20.2. The number of hydrogen-bond acceptors (Lipinski definition) is 5. The molecule has 0 aliphatic carbocycles. The number of nitrogens with zero attached hydrogens (tertiary/aromatic N) is 3. The summed E-state index contributed by atoms with van der Waals surface area (Å²) in [7, 11) is 0. The van der Waals surface area contributed by atoms with Crippen molar-refractivity contribution >= 4 is 40.4 Å². The molecule has 152 valence electrons. The van der Waals surface area contributed by atoms with Gasteiger partial charge in [-0.05, 0) is 29.6 Å². The second kappa shape index (κ2) is 9.30. The number of thiophene rings is 1. The normalized spacial score (nSPS) is 15.0. The number of aromatic nitrogens is 1. The van der Waals surface area contributed by atoms with Gasteiger partial charge in [0.2, 0.25) is 5.91 Å². The highest BCUT2D eigenvalue weighted by atomic mass is 35.5. The molecule has 0 unspecified atom stereocenters. The summed E-state index contributed by atoms with van der Waals surface area (Å²) in [6, 6.07) is 9.46. The van der Waals surface area contributed by atoms with Crippen molar-refractivity contribution in [1.82, 2.24) is 14.8 Å². The average Bonchev–Trinajstić information content (AvgIpc) is 3.39. The zero-order valence-electron chi connectivity index (χ0n) is 15.8. The van der Waals surface area contributed by atoms with Gasteiger partial charge in [0.25, 0.3) is 0 Å². The third kappa shape index (κ3) is 5.20. The van der Waals surface area contributed by atoms with Crippen LogP contribution in [0.5, 0.6) is 0 Å². The van der Waals surface area contributed by atoms with Gasteiger partial charge in [0.15, 0.2) is 11.7 Å². The third-order valence-corrected chi connectivity index (χ3v) is 6.40. The predicted octanol–water partition coefficient (Wildman–Crippen LogP) is 4.99. The molecule has 1 fully saturated rings. The van der Waals surface area contributed by atoms with Gasteiger partial charge in [-0.1, -0.05) is 29.3 Å². The number of carbonyl (C=O) groups excluding carboxylic acids is 1. The fraction of sp³-hybridized carbons (Fsp3) is 0.333. The van der Waals surface area contributed by atoms with Gasteiger partial charge in [-0.15, -0.1) is 11.3 Å². The number of oxazole rings is 1. The van der Waals surface area contributed by atoms with Crippen LogP contribution >= 0.6 is 34.5 Å². The maximum absolute atomic E-state index is 12.6. The van der Waals surface area contributed by atoms with Crippen molar-refractivity contribution in [3.8, 4) is 11.3 Å². The third-order valence-electron chi connectivity index (χ3n) is 4.99. The number of carbonyl (C=O) groups is 1. The largest absolute Gasteiger partial charge is 0.441 e. The Kier molecular flexibility index (Phi) is 6.55. The quantitative estimate of drug-likeness (QED) is 0.531.